The van der Waals surface area contributed by atoms with Crippen molar-refractivity contribution in [2.75, 3.05) is 0 Å². The van der Waals surface area contributed by atoms with E-state index in [4.69, 9.17) is 0 Å². The molecule has 1 aliphatic carbocycles. The van der Waals surface area contributed by atoms with Gasteiger partial charge in [-0.15, -0.1) is 11.3 Å². The predicted octanol–water partition coefficient (Wildman–Crippen LogP) is 4.50. The molecule has 0 bridgehead atoms. The molecule has 0 atom stereocenters. The van der Waals surface area contributed by atoms with E-state index in [0.717, 1.165) is 16.1 Å². The van der Waals surface area contributed by atoms with E-state index < -0.39 is 0 Å². The first-order chi connectivity index (χ1) is 12.1. The quantitative estimate of drug-likeness (QED) is 0.635. The molecule has 1 saturated carbocycles. The van der Waals surface area contributed by atoms with Crippen LogP contribution in [0.3, 0.4) is 0 Å². The summed E-state index contributed by atoms with van der Waals surface area (Å²) in [7, 11) is 0. The minimum Gasteiger partial charge on any atom is -0.347 e. The third-order valence-electron chi connectivity index (χ3n) is 4.88. The van der Waals surface area contributed by atoms with Crippen molar-refractivity contribution in [2.45, 2.75) is 52.1 Å². The van der Waals surface area contributed by atoms with Crippen molar-refractivity contribution < 1.29 is 4.79 Å². The Balaban J connectivity index is 1.78. The van der Waals surface area contributed by atoms with Gasteiger partial charge in [0.05, 0.1) is 6.54 Å². The molecule has 2 aromatic heterocycles. The highest BCUT2D eigenvalue weighted by Crippen LogP contribution is 2.33. The molecule has 0 unspecified atom stereocenters. The van der Waals surface area contributed by atoms with Crippen LogP contribution in [0.1, 0.15) is 53.6 Å². The fourth-order valence-corrected chi connectivity index (χ4v) is 4.30. The van der Waals surface area contributed by atoms with E-state index in [0.29, 0.717) is 12.6 Å². The summed E-state index contributed by atoms with van der Waals surface area (Å²) in [4.78, 5) is 13.4. The molecule has 4 nitrogen and oxygen atoms in total. The number of hydrogen-bond donors (Lipinski definition) is 1. The molecule has 1 amide bonds. The van der Waals surface area contributed by atoms with Crippen LogP contribution in [0.4, 0.5) is 0 Å². The van der Waals surface area contributed by atoms with E-state index in [1.165, 1.54) is 31.4 Å². The topological polar surface area (TPSA) is 57.8 Å². The van der Waals surface area contributed by atoms with Crippen molar-refractivity contribution in [3.05, 3.63) is 51.0 Å². The van der Waals surface area contributed by atoms with E-state index in [1.54, 1.807) is 17.4 Å². The second kappa shape index (κ2) is 7.71. The summed E-state index contributed by atoms with van der Waals surface area (Å²) in [6.07, 6.45) is 6.71. The minimum absolute atomic E-state index is 0.156. The highest BCUT2D eigenvalue weighted by Gasteiger charge is 2.21. The third kappa shape index (κ3) is 3.85. The maximum absolute atomic E-state index is 12.3. The first-order valence-corrected chi connectivity index (χ1v) is 9.59. The summed E-state index contributed by atoms with van der Waals surface area (Å²) < 4.78 is 2.37. The van der Waals surface area contributed by atoms with Gasteiger partial charge < -0.3 is 9.88 Å². The van der Waals surface area contributed by atoms with Gasteiger partial charge in [0.15, 0.2) is 0 Å². The van der Waals surface area contributed by atoms with Gasteiger partial charge in [-0.25, -0.2) is 0 Å². The van der Waals surface area contributed by atoms with Crippen molar-refractivity contribution in [3.63, 3.8) is 0 Å². The summed E-state index contributed by atoms with van der Waals surface area (Å²) in [5.74, 6) is -0.318. The second-order valence-corrected chi connectivity index (χ2v) is 7.60. The lowest BCUT2D eigenvalue weighted by Crippen LogP contribution is -2.23. The summed E-state index contributed by atoms with van der Waals surface area (Å²) >= 11 is 1.59. The molecule has 0 saturated heterocycles. The fourth-order valence-electron chi connectivity index (χ4n) is 3.65. The number of amides is 1. The molecular weight excluding hydrogens is 330 g/mol. The number of nitrogens with one attached hydrogen (secondary N) is 1. The average Bonchev–Trinajstić information content (AvgIpc) is 3.33. The van der Waals surface area contributed by atoms with Crippen LogP contribution >= 0.6 is 11.3 Å². The lowest BCUT2D eigenvalue weighted by molar-refractivity contribution is -0.117. The normalized spacial score (nSPS) is 15.3. The molecule has 1 aliphatic rings. The second-order valence-electron chi connectivity index (χ2n) is 6.57. The van der Waals surface area contributed by atoms with Gasteiger partial charge in [0.2, 0.25) is 0 Å². The summed E-state index contributed by atoms with van der Waals surface area (Å²) in [5, 5.41) is 14.2. The maximum atomic E-state index is 12.3. The van der Waals surface area contributed by atoms with Gasteiger partial charge in [-0.05, 0) is 55.8 Å². The molecule has 3 rings (SSSR count). The third-order valence-corrected chi connectivity index (χ3v) is 5.76. The van der Waals surface area contributed by atoms with E-state index in [9.17, 15) is 10.1 Å². The monoisotopic (exact) mass is 353 g/mol. The molecule has 25 heavy (non-hydrogen) atoms. The summed E-state index contributed by atoms with van der Waals surface area (Å²) in [5.41, 5.74) is 3.46. The van der Waals surface area contributed by atoms with Crippen LogP contribution in [0.5, 0.6) is 0 Å². The van der Waals surface area contributed by atoms with Crippen molar-refractivity contribution in [1.29, 1.82) is 5.26 Å². The zero-order valence-corrected chi connectivity index (χ0v) is 15.5. The Morgan fingerprint density at radius 3 is 2.84 bits per heavy atom. The van der Waals surface area contributed by atoms with Crippen LogP contribution in [-0.2, 0) is 11.3 Å². The van der Waals surface area contributed by atoms with Gasteiger partial charge in [0, 0.05) is 22.3 Å². The number of nitriles is 1. The van der Waals surface area contributed by atoms with Crippen molar-refractivity contribution in [1.82, 2.24) is 9.88 Å². The molecule has 1 N–H and O–H groups in total. The summed E-state index contributed by atoms with van der Waals surface area (Å²) in [6.45, 7) is 4.64. The fraction of sp³-hybridized carbons (Fsp3) is 0.400. The van der Waals surface area contributed by atoms with Crippen molar-refractivity contribution in [3.8, 4) is 6.07 Å². The molecule has 5 heteroatoms. The number of thiophene rings is 1. The van der Waals surface area contributed by atoms with Crippen LogP contribution in [0, 0.1) is 25.2 Å². The molecule has 2 heterocycles. The number of hydrogen-bond acceptors (Lipinski definition) is 3. The van der Waals surface area contributed by atoms with Gasteiger partial charge in [-0.2, -0.15) is 5.26 Å². The zero-order valence-electron chi connectivity index (χ0n) is 14.7. The summed E-state index contributed by atoms with van der Waals surface area (Å²) in [6, 6.07) is 8.60. The SMILES string of the molecule is Cc1cc(/C=C(\C#N)C(=O)NCc2cccs2)c(C)n1C1CCCC1. The van der Waals surface area contributed by atoms with Crippen molar-refractivity contribution >= 4 is 23.3 Å². The Kier molecular flexibility index (Phi) is 5.40. The Morgan fingerprint density at radius 2 is 2.20 bits per heavy atom. The van der Waals surface area contributed by atoms with Crippen molar-refractivity contribution in [2.24, 2.45) is 0 Å². The number of carbonyl (C=O) groups is 1. The zero-order chi connectivity index (χ0) is 17.8. The van der Waals surface area contributed by atoms with Gasteiger partial charge in [0.1, 0.15) is 11.6 Å². The number of aryl methyl sites for hydroxylation is 1. The van der Waals surface area contributed by atoms with Gasteiger partial charge in [0.25, 0.3) is 5.91 Å². The number of rotatable bonds is 5. The number of nitrogens with zero attached hydrogens (tertiary/aromatic N) is 2. The molecule has 0 radical (unpaired) electrons. The van der Waals surface area contributed by atoms with Crippen LogP contribution in [0.2, 0.25) is 0 Å². The van der Waals surface area contributed by atoms with Crippen LogP contribution in [0.15, 0.2) is 29.2 Å². The van der Waals surface area contributed by atoms with E-state index in [-0.39, 0.29) is 11.5 Å². The van der Waals surface area contributed by atoms with Crippen LogP contribution in [0.25, 0.3) is 6.08 Å². The Hall–Kier alpha value is -2.32. The first-order valence-electron chi connectivity index (χ1n) is 8.71. The Labute approximate surface area is 152 Å². The Morgan fingerprint density at radius 1 is 1.44 bits per heavy atom. The lowest BCUT2D eigenvalue weighted by Gasteiger charge is -2.17. The minimum atomic E-state index is -0.318. The lowest BCUT2D eigenvalue weighted by atomic mass is 10.1. The number of aromatic nitrogens is 1. The first kappa shape index (κ1) is 17.5. The molecule has 2 aromatic rings. The van der Waals surface area contributed by atoms with Gasteiger partial charge in [-0.3, -0.25) is 4.79 Å². The standard InChI is InChI=1S/C20H23N3OS/c1-14-10-16(15(2)23(14)18-6-3-4-7-18)11-17(12-21)20(24)22-13-19-8-5-9-25-19/h5,8-11,18H,3-4,6-7,13H2,1-2H3,(H,22,24)/b17-11+. The van der Waals surface area contributed by atoms with E-state index >= 15 is 0 Å². The maximum Gasteiger partial charge on any atom is 0.262 e. The van der Waals surface area contributed by atoms with Crippen LogP contribution < -0.4 is 5.32 Å². The molecular formula is C20H23N3OS. The molecule has 0 aromatic carbocycles. The van der Waals surface area contributed by atoms with Gasteiger partial charge >= 0.3 is 0 Å². The molecule has 0 spiro atoms. The molecule has 0 aliphatic heterocycles. The smallest absolute Gasteiger partial charge is 0.262 e. The predicted molar refractivity (Wildman–Crippen MR) is 101 cm³/mol. The molecule has 1 fully saturated rings. The van der Waals surface area contributed by atoms with E-state index in [1.807, 2.05) is 23.6 Å². The Bertz CT molecular complexity index is 818. The number of carbonyl (C=O) groups excluding carboxylic acids is 1. The van der Waals surface area contributed by atoms with E-state index in [2.05, 4.69) is 29.8 Å². The van der Waals surface area contributed by atoms with Gasteiger partial charge in [-0.1, -0.05) is 18.9 Å². The van der Waals surface area contributed by atoms with Crippen LogP contribution in [-0.4, -0.2) is 10.5 Å². The largest absolute Gasteiger partial charge is 0.347 e. The highest BCUT2D eigenvalue weighted by atomic mass is 32.1. The average molecular weight is 353 g/mol. The highest BCUT2D eigenvalue weighted by molar-refractivity contribution is 7.09. The molecule has 130 valence electrons.